The maximum Gasteiger partial charge on any atom is 0.340 e. The predicted octanol–water partition coefficient (Wildman–Crippen LogP) is 4.05. The topological polar surface area (TPSA) is 132 Å². The van der Waals surface area contributed by atoms with Gasteiger partial charge in [0.2, 0.25) is 0 Å². The van der Waals surface area contributed by atoms with E-state index < -0.39 is 11.9 Å². The Balaban J connectivity index is 1.97. The Morgan fingerprint density at radius 3 is 1.57 bits per heavy atom. The molecule has 8 bridgehead atoms. The molecule has 4 N–H and O–H groups in total. The second-order valence-electron chi connectivity index (χ2n) is 6.81. The first-order valence-electron chi connectivity index (χ1n) is 9.05. The third-order valence-electron chi connectivity index (χ3n) is 4.83. The van der Waals surface area contributed by atoms with Gasteiger partial charge in [-0.15, -0.1) is 0 Å². The van der Waals surface area contributed by atoms with Crippen molar-refractivity contribution in [2.75, 3.05) is 0 Å². The lowest BCUT2D eigenvalue weighted by molar-refractivity contribution is 0.0688. The summed E-state index contributed by atoms with van der Waals surface area (Å²) in [6.45, 7) is 0. The van der Waals surface area contributed by atoms with Gasteiger partial charge in [-0.2, -0.15) is 0 Å². The molecule has 5 rings (SSSR count). The molecule has 0 fully saturated rings. The van der Waals surface area contributed by atoms with E-state index in [0.29, 0.717) is 33.5 Å². The Hall–Kier alpha value is -4.46. The van der Waals surface area contributed by atoms with Gasteiger partial charge in [0, 0.05) is 11.0 Å². The van der Waals surface area contributed by atoms with E-state index in [4.69, 9.17) is 0 Å². The van der Waals surface area contributed by atoms with Crippen LogP contribution >= 0.6 is 0 Å². The summed E-state index contributed by atoms with van der Waals surface area (Å²) >= 11 is 0. The van der Waals surface area contributed by atoms with Gasteiger partial charge < -0.3 is 20.2 Å². The maximum atomic E-state index is 12.0. The van der Waals surface area contributed by atoms with Crippen LogP contribution < -0.4 is 0 Å². The number of carboxylic acids is 2. The summed E-state index contributed by atoms with van der Waals surface area (Å²) in [5.41, 5.74) is 3.76. The van der Waals surface area contributed by atoms with Crippen LogP contribution in [0.2, 0.25) is 0 Å². The third-order valence-corrected chi connectivity index (χ3v) is 4.83. The van der Waals surface area contributed by atoms with Crippen molar-refractivity contribution in [3.05, 3.63) is 70.3 Å². The quantitative estimate of drug-likeness (QED) is 0.355. The molecule has 0 saturated carbocycles. The fourth-order valence-corrected chi connectivity index (χ4v) is 3.52. The smallest absolute Gasteiger partial charge is 0.340 e. The lowest BCUT2D eigenvalue weighted by Gasteiger charge is -1.97. The van der Waals surface area contributed by atoms with E-state index in [0.717, 1.165) is 0 Å². The van der Waals surface area contributed by atoms with Crippen LogP contribution in [0.25, 0.3) is 46.4 Å². The van der Waals surface area contributed by atoms with E-state index in [1.807, 2.05) is 24.3 Å². The van der Waals surface area contributed by atoms with Gasteiger partial charge in [0.15, 0.2) is 0 Å². The molecule has 0 saturated heterocycles. The molecule has 0 atom stereocenters. The van der Waals surface area contributed by atoms with E-state index in [1.54, 1.807) is 24.3 Å². The number of aromatic nitrogens is 4. The summed E-state index contributed by atoms with van der Waals surface area (Å²) in [5.74, 6) is -2.34. The number of H-pyrrole nitrogens is 2. The number of hydrogen-bond acceptors (Lipinski definition) is 4. The highest BCUT2D eigenvalue weighted by Gasteiger charge is 2.19. The molecule has 0 aromatic carbocycles. The summed E-state index contributed by atoms with van der Waals surface area (Å²) < 4.78 is 0. The van der Waals surface area contributed by atoms with Crippen LogP contribution in [-0.2, 0) is 0 Å². The molecule has 0 amide bonds. The zero-order valence-corrected chi connectivity index (χ0v) is 15.4. The second-order valence-corrected chi connectivity index (χ2v) is 6.81. The predicted molar refractivity (Wildman–Crippen MR) is 113 cm³/mol. The lowest BCUT2D eigenvalue weighted by atomic mass is 10.2. The highest BCUT2D eigenvalue weighted by atomic mass is 16.4. The van der Waals surface area contributed by atoms with Crippen LogP contribution in [0.3, 0.4) is 0 Å². The number of fused-ring (bicyclic) bond motifs is 8. The Kier molecular flexibility index (Phi) is 3.85. The highest BCUT2D eigenvalue weighted by Crippen LogP contribution is 2.24. The standard InChI is InChI=1S/C22H14N4O4/c27-21(28)19-15-5-3-13(24-15)9-11-1-2-12(23-11)10-14-4-6-16(25-14)20(22(29)30)18-8-7-17(19)26-18/h1-10,24-25H,(H,27,28)(H,29,30). The molecule has 2 aliphatic heterocycles. The lowest BCUT2D eigenvalue weighted by Crippen LogP contribution is -2.02. The van der Waals surface area contributed by atoms with E-state index in [9.17, 15) is 19.8 Å². The normalized spacial score (nSPS) is 12.3. The SMILES string of the molecule is O=C(O)c1c2nc(c(C(=O)O)c3ccc(cc4nc(cc5ccc1[nH]5)C=C4)[nH]3)C=C2. The van der Waals surface area contributed by atoms with Gasteiger partial charge in [0.1, 0.15) is 11.1 Å². The molecule has 0 radical (unpaired) electrons. The summed E-state index contributed by atoms with van der Waals surface area (Å²) in [6, 6.07) is 10.4. The summed E-state index contributed by atoms with van der Waals surface area (Å²) in [6.07, 6.45) is 6.69. The fourth-order valence-electron chi connectivity index (χ4n) is 3.52. The molecule has 30 heavy (non-hydrogen) atoms. The van der Waals surface area contributed by atoms with E-state index in [1.165, 1.54) is 12.2 Å². The monoisotopic (exact) mass is 398 g/mol. The van der Waals surface area contributed by atoms with Gasteiger partial charge in [-0.25, -0.2) is 19.6 Å². The molecule has 2 aliphatic rings. The molecule has 3 aromatic rings. The Morgan fingerprint density at radius 2 is 1.13 bits per heavy atom. The third kappa shape index (κ3) is 2.96. The second kappa shape index (κ2) is 6.56. The van der Waals surface area contributed by atoms with Gasteiger partial charge in [-0.3, -0.25) is 0 Å². The van der Waals surface area contributed by atoms with E-state index >= 15 is 0 Å². The van der Waals surface area contributed by atoms with Gasteiger partial charge in [0.05, 0.1) is 33.8 Å². The Morgan fingerprint density at radius 1 is 0.667 bits per heavy atom. The average molecular weight is 398 g/mol. The fraction of sp³-hybridized carbons (Fsp3) is 0. The highest BCUT2D eigenvalue weighted by molar-refractivity contribution is 6.03. The number of aromatic carboxylic acids is 2. The summed E-state index contributed by atoms with van der Waals surface area (Å²) in [5, 5.41) is 19.6. The van der Waals surface area contributed by atoms with E-state index in [-0.39, 0.29) is 22.5 Å². The first-order chi connectivity index (χ1) is 14.5. The van der Waals surface area contributed by atoms with Crippen molar-refractivity contribution in [3.8, 4) is 0 Å². The van der Waals surface area contributed by atoms with Crippen LogP contribution in [0, 0.1) is 0 Å². The number of nitrogens with one attached hydrogen (secondary N) is 2. The number of carbonyl (C=O) groups is 2. The number of rotatable bonds is 2. The van der Waals surface area contributed by atoms with Crippen LogP contribution in [-0.4, -0.2) is 42.1 Å². The first kappa shape index (κ1) is 17.6. The minimum Gasteiger partial charge on any atom is -0.478 e. The van der Waals surface area contributed by atoms with Gasteiger partial charge in [-0.1, -0.05) is 0 Å². The number of carboxylic acid groups (broad SMARTS) is 2. The minimum absolute atomic E-state index is 0.0469. The maximum absolute atomic E-state index is 12.0. The van der Waals surface area contributed by atoms with Crippen molar-refractivity contribution in [2.45, 2.75) is 0 Å². The Bertz CT molecular complexity index is 1350. The van der Waals surface area contributed by atoms with Crippen molar-refractivity contribution < 1.29 is 19.8 Å². The van der Waals surface area contributed by atoms with Gasteiger partial charge in [0.25, 0.3) is 0 Å². The summed E-state index contributed by atoms with van der Waals surface area (Å²) in [4.78, 5) is 38.9. The molecule has 146 valence electrons. The number of aromatic amines is 2. The zero-order valence-electron chi connectivity index (χ0n) is 15.4. The van der Waals surface area contributed by atoms with Crippen molar-refractivity contribution in [3.63, 3.8) is 0 Å². The van der Waals surface area contributed by atoms with Crippen molar-refractivity contribution >= 4 is 58.3 Å². The molecule has 5 heterocycles. The molecule has 8 heteroatoms. The molecule has 0 unspecified atom stereocenters. The zero-order chi connectivity index (χ0) is 20.8. The molecule has 8 nitrogen and oxygen atoms in total. The summed E-state index contributed by atoms with van der Waals surface area (Å²) in [7, 11) is 0. The van der Waals surface area contributed by atoms with Crippen molar-refractivity contribution in [1.29, 1.82) is 0 Å². The van der Waals surface area contributed by atoms with Crippen LogP contribution in [0.15, 0.2) is 36.4 Å². The largest absolute Gasteiger partial charge is 0.478 e. The van der Waals surface area contributed by atoms with Crippen LogP contribution in [0.1, 0.15) is 43.5 Å². The minimum atomic E-state index is -1.17. The molecule has 0 aliphatic carbocycles. The van der Waals surface area contributed by atoms with Crippen molar-refractivity contribution in [1.82, 2.24) is 19.9 Å². The van der Waals surface area contributed by atoms with Gasteiger partial charge >= 0.3 is 11.9 Å². The molecular weight excluding hydrogens is 384 g/mol. The number of hydrogen-bond donors (Lipinski definition) is 4. The van der Waals surface area contributed by atoms with Crippen LogP contribution in [0.4, 0.5) is 0 Å². The van der Waals surface area contributed by atoms with Gasteiger partial charge in [-0.05, 0) is 60.7 Å². The first-order valence-corrected chi connectivity index (χ1v) is 9.05. The molecular formula is C22H14N4O4. The molecule has 3 aromatic heterocycles. The average Bonchev–Trinajstić information content (AvgIpc) is 3.46. The number of nitrogens with zero attached hydrogens (tertiary/aromatic N) is 2. The molecule has 0 spiro atoms. The Labute approximate surface area is 168 Å². The van der Waals surface area contributed by atoms with Crippen molar-refractivity contribution in [2.24, 2.45) is 0 Å². The van der Waals surface area contributed by atoms with E-state index in [2.05, 4.69) is 19.9 Å². The van der Waals surface area contributed by atoms with Crippen LogP contribution in [0.5, 0.6) is 0 Å².